The highest BCUT2D eigenvalue weighted by Gasteiger charge is 2.24. The third-order valence-corrected chi connectivity index (χ3v) is 8.49. The Morgan fingerprint density at radius 2 is 1.76 bits per heavy atom. The lowest BCUT2D eigenvalue weighted by atomic mass is 9.96. The Labute approximate surface area is 270 Å². The molecule has 6 rings (SSSR count). The number of hydrogen-bond acceptors (Lipinski definition) is 6. The maximum absolute atomic E-state index is 11.6. The van der Waals surface area contributed by atoms with Crippen LogP contribution in [-0.4, -0.2) is 52.4 Å². The van der Waals surface area contributed by atoms with Gasteiger partial charge in [-0.05, 0) is 60.4 Å². The maximum atomic E-state index is 11.6. The molecular formula is C38H41N3O5. The SMILES string of the molecule is CCCCn1c(-c2ccccc2)nc(-c2ccc(OC)cc2)c1CN(CC1=CCC(C(=O)O)C=C1)Cc1ccc2c(c1)OCCO2. The van der Waals surface area contributed by atoms with Gasteiger partial charge in [-0.2, -0.15) is 0 Å². The van der Waals surface area contributed by atoms with E-state index < -0.39 is 11.9 Å². The van der Waals surface area contributed by atoms with Crippen LogP contribution in [0.1, 0.15) is 37.4 Å². The molecule has 1 aromatic heterocycles. The quantitative estimate of drug-likeness (QED) is 0.167. The van der Waals surface area contributed by atoms with Crippen molar-refractivity contribution in [2.45, 2.75) is 45.8 Å². The minimum absolute atomic E-state index is 0.486. The molecule has 0 saturated heterocycles. The molecule has 0 spiro atoms. The molecule has 0 bridgehead atoms. The number of rotatable bonds is 13. The number of benzene rings is 3. The van der Waals surface area contributed by atoms with Gasteiger partial charge in [-0.3, -0.25) is 9.69 Å². The summed E-state index contributed by atoms with van der Waals surface area (Å²) in [5.74, 6) is 2.01. The van der Waals surface area contributed by atoms with E-state index in [0.717, 1.165) is 76.1 Å². The Bertz CT molecular complexity index is 1710. The summed E-state index contributed by atoms with van der Waals surface area (Å²) in [5.41, 5.74) is 6.41. The van der Waals surface area contributed by atoms with Crippen molar-refractivity contribution >= 4 is 5.97 Å². The molecule has 8 nitrogen and oxygen atoms in total. The zero-order valence-electron chi connectivity index (χ0n) is 26.5. The third kappa shape index (κ3) is 7.18. The fraction of sp³-hybridized carbons (Fsp3) is 0.316. The number of aliphatic carboxylic acids is 1. The van der Waals surface area contributed by atoms with Crippen molar-refractivity contribution in [3.05, 3.63) is 108 Å². The first-order valence-electron chi connectivity index (χ1n) is 16.0. The minimum Gasteiger partial charge on any atom is -0.497 e. The summed E-state index contributed by atoms with van der Waals surface area (Å²) in [4.78, 5) is 19.3. The predicted molar refractivity (Wildman–Crippen MR) is 179 cm³/mol. The molecule has 3 aromatic carbocycles. The normalized spacial score (nSPS) is 15.5. The topological polar surface area (TPSA) is 86.1 Å². The Morgan fingerprint density at radius 1 is 0.978 bits per heavy atom. The van der Waals surface area contributed by atoms with Crippen molar-refractivity contribution in [2.75, 3.05) is 26.9 Å². The zero-order chi connectivity index (χ0) is 31.9. The van der Waals surface area contributed by atoms with Crippen molar-refractivity contribution in [1.29, 1.82) is 0 Å². The predicted octanol–water partition coefficient (Wildman–Crippen LogP) is 7.39. The number of fused-ring (bicyclic) bond motifs is 1. The molecule has 0 saturated carbocycles. The molecule has 1 unspecified atom stereocenters. The van der Waals surface area contributed by atoms with Crippen LogP contribution in [0.25, 0.3) is 22.6 Å². The molecule has 1 atom stereocenters. The van der Waals surface area contributed by atoms with Gasteiger partial charge in [0, 0.05) is 37.3 Å². The van der Waals surface area contributed by atoms with Crippen molar-refractivity contribution in [2.24, 2.45) is 5.92 Å². The molecule has 0 fully saturated rings. The maximum Gasteiger partial charge on any atom is 0.310 e. The Kier molecular flexibility index (Phi) is 9.84. The molecule has 1 N–H and O–H groups in total. The van der Waals surface area contributed by atoms with Gasteiger partial charge in [-0.15, -0.1) is 0 Å². The number of ether oxygens (including phenoxy) is 3. The second kappa shape index (κ2) is 14.5. The van der Waals surface area contributed by atoms with Gasteiger partial charge >= 0.3 is 5.97 Å². The summed E-state index contributed by atoms with van der Waals surface area (Å²) < 4.78 is 19.5. The number of carboxylic acid groups (broad SMARTS) is 1. The van der Waals surface area contributed by atoms with E-state index in [1.165, 1.54) is 0 Å². The first-order chi connectivity index (χ1) is 22.5. The molecule has 46 heavy (non-hydrogen) atoms. The van der Waals surface area contributed by atoms with Crippen LogP contribution in [0.2, 0.25) is 0 Å². The average molecular weight is 620 g/mol. The molecule has 2 aliphatic rings. The third-order valence-electron chi connectivity index (χ3n) is 8.49. The minimum atomic E-state index is -0.794. The molecule has 8 heteroatoms. The number of aromatic nitrogens is 2. The van der Waals surface area contributed by atoms with Gasteiger partial charge in [0.2, 0.25) is 0 Å². The molecule has 1 aliphatic heterocycles. The van der Waals surface area contributed by atoms with Gasteiger partial charge in [0.05, 0.1) is 24.4 Å². The van der Waals surface area contributed by atoms with Gasteiger partial charge in [0.1, 0.15) is 24.8 Å². The van der Waals surface area contributed by atoms with Crippen LogP contribution < -0.4 is 14.2 Å². The van der Waals surface area contributed by atoms with E-state index in [-0.39, 0.29) is 0 Å². The molecule has 4 aromatic rings. The zero-order valence-corrected chi connectivity index (χ0v) is 26.5. The first kappa shape index (κ1) is 31.2. The van der Waals surface area contributed by atoms with E-state index in [4.69, 9.17) is 19.2 Å². The van der Waals surface area contributed by atoms with Crippen LogP contribution in [-0.2, 0) is 24.4 Å². The van der Waals surface area contributed by atoms with Crippen LogP contribution in [0.3, 0.4) is 0 Å². The number of imidazole rings is 1. The molecule has 238 valence electrons. The van der Waals surface area contributed by atoms with Gasteiger partial charge < -0.3 is 23.9 Å². The number of hydrogen-bond donors (Lipinski definition) is 1. The molecule has 0 amide bonds. The number of unbranched alkanes of at least 4 members (excludes halogenated alkanes) is 1. The van der Waals surface area contributed by atoms with Crippen LogP contribution >= 0.6 is 0 Å². The monoisotopic (exact) mass is 619 g/mol. The number of nitrogens with zero attached hydrogens (tertiary/aromatic N) is 3. The number of carboxylic acids is 1. The van der Waals surface area contributed by atoms with Crippen LogP contribution in [0.4, 0.5) is 0 Å². The Hall–Kier alpha value is -4.82. The average Bonchev–Trinajstić information content (AvgIpc) is 3.45. The Balaban J connectivity index is 1.42. The lowest BCUT2D eigenvalue weighted by Crippen LogP contribution is -2.27. The summed E-state index contributed by atoms with van der Waals surface area (Å²) in [6, 6.07) is 24.7. The second-order valence-electron chi connectivity index (χ2n) is 11.8. The largest absolute Gasteiger partial charge is 0.497 e. The summed E-state index contributed by atoms with van der Waals surface area (Å²) in [7, 11) is 1.68. The van der Waals surface area contributed by atoms with E-state index in [1.54, 1.807) is 7.11 Å². The van der Waals surface area contributed by atoms with Crippen LogP contribution in [0.15, 0.2) is 96.6 Å². The summed E-state index contributed by atoms with van der Waals surface area (Å²) in [5, 5.41) is 9.53. The fourth-order valence-corrected chi connectivity index (χ4v) is 6.04. The molecular weight excluding hydrogens is 578 g/mol. The lowest BCUT2D eigenvalue weighted by molar-refractivity contribution is -0.139. The van der Waals surface area contributed by atoms with E-state index in [9.17, 15) is 9.90 Å². The van der Waals surface area contributed by atoms with E-state index >= 15 is 0 Å². The molecule has 2 heterocycles. The smallest absolute Gasteiger partial charge is 0.310 e. The van der Waals surface area contributed by atoms with Crippen LogP contribution in [0, 0.1) is 5.92 Å². The molecule has 0 radical (unpaired) electrons. The first-order valence-corrected chi connectivity index (χ1v) is 16.0. The van der Waals surface area contributed by atoms with Crippen molar-refractivity contribution in [3.8, 4) is 39.9 Å². The Morgan fingerprint density at radius 3 is 2.46 bits per heavy atom. The van der Waals surface area contributed by atoms with Gasteiger partial charge in [-0.1, -0.05) is 68.0 Å². The summed E-state index contributed by atoms with van der Waals surface area (Å²) in [6.07, 6.45) is 8.41. The highest BCUT2D eigenvalue weighted by atomic mass is 16.6. The number of allylic oxidation sites excluding steroid dienone is 1. The number of carbonyl (C=O) groups is 1. The van der Waals surface area contributed by atoms with Crippen molar-refractivity contribution < 1.29 is 24.1 Å². The van der Waals surface area contributed by atoms with E-state index in [1.807, 2.05) is 36.4 Å². The second-order valence-corrected chi connectivity index (χ2v) is 11.8. The molecule has 1 aliphatic carbocycles. The van der Waals surface area contributed by atoms with Gasteiger partial charge in [0.25, 0.3) is 0 Å². The fourth-order valence-electron chi connectivity index (χ4n) is 6.04. The standard InChI is InChI=1S/C38H41N3O5/c1-3-4-20-41-33(36(29-15-17-32(44-2)18-16-29)39-37(41)30-8-6-5-7-9-30)26-40(24-27-10-13-31(14-11-27)38(42)43)25-28-12-19-34-35(23-28)46-22-21-45-34/h5-13,15-19,23,31H,3-4,14,20-22,24-26H2,1-2H3,(H,42,43). The highest BCUT2D eigenvalue weighted by Crippen LogP contribution is 2.34. The van der Waals surface area contributed by atoms with E-state index in [0.29, 0.717) is 39.3 Å². The van der Waals surface area contributed by atoms with Crippen molar-refractivity contribution in [3.63, 3.8) is 0 Å². The van der Waals surface area contributed by atoms with Gasteiger partial charge in [0.15, 0.2) is 11.5 Å². The highest BCUT2D eigenvalue weighted by molar-refractivity contribution is 5.73. The van der Waals surface area contributed by atoms with E-state index in [2.05, 4.69) is 71.0 Å². The summed E-state index contributed by atoms with van der Waals surface area (Å²) >= 11 is 0. The number of methoxy groups -OCH3 is 1. The van der Waals surface area contributed by atoms with Crippen LogP contribution in [0.5, 0.6) is 17.2 Å². The van der Waals surface area contributed by atoms with Gasteiger partial charge in [-0.25, -0.2) is 4.98 Å². The summed E-state index contributed by atoms with van der Waals surface area (Å²) in [6.45, 7) is 6.09. The lowest BCUT2D eigenvalue weighted by Gasteiger charge is -2.27. The van der Waals surface area contributed by atoms with Crippen molar-refractivity contribution in [1.82, 2.24) is 14.5 Å².